The van der Waals surface area contributed by atoms with E-state index < -0.39 is 4.87 Å². The molecule has 1 N–H and O–H groups in total. The largest absolute Gasteiger partial charge is 0.353 e. The maximum atomic E-state index is 13.0. The molecule has 1 aliphatic heterocycles. The summed E-state index contributed by atoms with van der Waals surface area (Å²) in [6, 6.07) is 19.1. The fourth-order valence-electron chi connectivity index (χ4n) is 3.22. The molecule has 3 nitrogen and oxygen atoms in total. The van der Waals surface area contributed by atoms with Gasteiger partial charge in [-0.15, -0.1) is 12.4 Å². The van der Waals surface area contributed by atoms with Gasteiger partial charge >= 0.3 is 0 Å². The van der Waals surface area contributed by atoms with E-state index in [9.17, 15) is 4.79 Å². The van der Waals surface area contributed by atoms with Crippen molar-refractivity contribution in [3.8, 4) is 0 Å². The molecule has 0 saturated carbocycles. The first-order valence-electron chi connectivity index (χ1n) is 8.52. The van der Waals surface area contributed by atoms with Gasteiger partial charge in [0.15, 0.2) is 4.87 Å². The highest BCUT2D eigenvalue weighted by Crippen LogP contribution is 2.36. The summed E-state index contributed by atoms with van der Waals surface area (Å²) in [6.45, 7) is 3.74. The van der Waals surface area contributed by atoms with E-state index >= 15 is 0 Å². The zero-order valence-corrected chi connectivity index (χ0v) is 15.7. The Bertz CT molecular complexity index is 618. The van der Waals surface area contributed by atoms with Crippen molar-refractivity contribution < 1.29 is 4.79 Å². The summed E-state index contributed by atoms with van der Waals surface area (Å²) in [6.07, 6.45) is 2.50. The van der Waals surface area contributed by atoms with E-state index in [1.165, 1.54) is 12.8 Å². The van der Waals surface area contributed by atoms with Gasteiger partial charge in [0.2, 0.25) is 5.91 Å². The fourth-order valence-corrected chi connectivity index (χ4v) is 3.54. The minimum Gasteiger partial charge on any atom is -0.353 e. The van der Waals surface area contributed by atoms with E-state index in [0.717, 1.165) is 30.8 Å². The fraction of sp³-hybridized carbons (Fsp3) is 0.350. The molecule has 1 heterocycles. The lowest BCUT2D eigenvalue weighted by Gasteiger charge is -2.27. The monoisotopic (exact) mass is 378 g/mol. The summed E-state index contributed by atoms with van der Waals surface area (Å²) in [4.78, 5) is 14.2. The highest BCUT2D eigenvalue weighted by Gasteiger charge is 2.39. The third-order valence-corrected chi connectivity index (χ3v) is 5.18. The van der Waals surface area contributed by atoms with Crippen molar-refractivity contribution in [1.29, 1.82) is 0 Å². The molecule has 1 amide bonds. The molecule has 0 radical (unpaired) electrons. The third-order valence-electron chi connectivity index (χ3n) is 4.57. The minimum absolute atomic E-state index is 0. The lowest BCUT2D eigenvalue weighted by molar-refractivity contribution is -0.123. The van der Waals surface area contributed by atoms with E-state index in [1.54, 1.807) is 0 Å². The Balaban J connectivity index is 0.00000225. The van der Waals surface area contributed by atoms with E-state index in [4.69, 9.17) is 11.6 Å². The van der Waals surface area contributed by atoms with Crippen LogP contribution in [0, 0.1) is 0 Å². The number of amides is 1. The minimum atomic E-state index is -1.20. The molecule has 134 valence electrons. The van der Waals surface area contributed by atoms with Gasteiger partial charge in [-0.2, -0.15) is 0 Å². The van der Waals surface area contributed by atoms with Gasteiger partial charge < -0.3 is 10.2 Å². The summed E-state index contributed by atoms with van der Waals surface area (Å²) < 4.78 is 0. The first-order valence-corrected chi connectivity index (χ1v) is 8.89. The molecule has 3 rings (SSSR count). The predicted octanol–water partition coefficient (Wildman–Crippen LogP) is 3.80. The molecule has 2 aromatic carbocycles. The second-order valence-corrected chi connectivity index (χ2v) is 6.76. The molecule has 2 aromatic rings. The molecule has 0 atom stereocenters. The molecule has 0 bridgehead atoms. The molecule has 0 unspecified atom stereocenters. The number of carbonyl (C=O) groups is 1. The molecule has 0 spiro atoms. The first kappa shape index (κ1) is 19.8. The molecule has 1 fully saturated rings. The van der Waals surface area contributed by atoms with Crippen molar-refractivity contribution in [2.24, 2.45) is 0 Å². The van der Waals surface area contributed by atoms with E-state index in [-0.39, 0.29) is 18.3 Å². The van der Waals surface area contributed by atoms with Crippen LogP contribution in [0.4, 0.5) is 0 Å². The van der Waals surface area contributed by atoms with Crippen LogP contribution in [0.3, 0.4) is 0 Å². The van der Waals surface area contributed by atoms with Crippen molar-refractivity contribution in [1.82, 2.24) is 10.2 Å². The van der Waals surface area contributed by atoms with E-state index in [1.807, 2.05) is 60.7 Å². The van der Waals surface area contributed by atoms with Gasteiger partial charge in [0.05, 0.1) is 0 Å². The predicted molar refractivity (Wildman–Crippen MR) is 105 cm³/mol. The Hall–Kier alpha value is -1.55. The summed E-state index contributed by atoms with van der Waals surface area (Å²) in [7, 11) is 0. The number of likely N-dealkylation sites (tertiary alicyclic amines) is 1. The number of alkyl halides is 1. The average molecular weight is 379 g/mol. The number of halogens is 2. The summed E-state index contributed by atoms with van der Waals surface area (Å²) in [5.41, 5.74) is 1.58. The molecule has 1 aliphatic rings. The van der Waals surface area contributed by atoms with Gasteiger partial charge in [0.25, 0.3) is 0 Å². The van der Waals surface area contributed by atoms with Crippen LogP contribution in [0.2, 0.25) is 0 Å². The Kier molecular flexibility index (Phi) is 7.30. The SMILES string of the molecule is Cl.O=C(NCCN1CCCC1)C(Cl)(c1ccccc1)c1ccccc1. The van der Waals surface area contributed by atoms with Crippen LogP contribution in [0.1, 0.15) is 24.0 Å². The Morgan fingerprint density at radius 2 is 1.44 bits per heavy atom. The third kappa shape index (κ3) is 4.55. The summed E-state index contributed by atoms with van der Waals surface area (Å²) in [5.74, 6) is -0.166. The number of rotatable bonds is 6. The van der Waals surface area contributed by atoms with Crippen LogP contribution in [0.5, 0.6) is 0 Å². The normalized spacial score (nSPS) is 14.8. The lowest BCUT2D eigenvalue weighted by atomic mass is 9.89. The maximum Gasteiger partial charge on any atom is 0.250 e. The molecule has 5 heteroatoms. The number of carbonyl (C=O) groups excluding carboxylic acids is 1. The smallest absolute Gasteiger partial charge is 0.250 e. The number of benzene rings is 2. The van der Waals surface area contributed by atoms with Gasteiger partial charge in [-0.1, -0.05) is 72.3 Å². The second-order valence-electron chi connectivity index (χ2n) is 6.20. The number of nitrogens with zero attached hydrogens (tertiary/aromatic N) is 1. The van der Waals surface area contributed by atoms with Gasteiger partial charge in [-0.3, -0.25) is 4.79 Å². The van der Waals surface area contributed by atoms with Crippen LogP contribution in [-0.2, 0) is 9.67 Å². The summed E-state index contributed by atoms with van der Waals surface area (Å²) in [5, 5.41) is 3.03. The maximum absolute atomic E-state index is 13.0. The van der Waals surface area contributed by atoms with Gasteiger partial charge in [0, 0.05) is 13.1 Å². The van der Waals surface area contributed by atoms with Crippen LogP contribution < -0.4 is 5.32 Å². The van der Waals surface area contributed by atoms with Gasteiger partial charge in [-0.05, 0) is 37.1 Å². The van der Waals surface area contributed by atoms with Crippen LogP contribution in [0.25, 0.3) is 0 Å². The van der Waals surface area contributed by atoms with Gasteiger partial charge in [0.1, 0.15) is 0 Å². The number of hydrogen-bond acceptors (Lipinski definition) is 2. The Morgan fingerprint density at radius 3 is 1.92 bits per heavy atom. The topological polar surface area (TPSA) is 32.3 Å². The van der Waals surface area contributed by atoms with Crippen molar-refractivity contribution in [2.75, 3.05) is 26.2 Å². The molecule has 0 aromatic heterocycles. The Morgan fingerprint density at radius 1 is 0.960 bits per heavy atom. The standard InChI is InChI=1S/C20H23ClN2O.ClH/c21-20(17-9-3-1-4-10-17,18-11-5-2-6-12-18)19(24)22-13-16-23-14-7-8-15-23;/h1-6,9-12H,7-8,13-16H2,(H,22,24);1H. The molecule has 25 heavy (non-hydrogen) atoms. The second kappa shape index (κ2) is 9.23. The lowest BCUT2D eigenvalue weighted by Crippen LogP contribution is -2.44. The van der Waals surface area contributed by atoms with Crippen molar-refractivity contribution in [3.63, 3.8) is 0 Å². The van der Waals surface area contributed by atoms with Gasteiger partial charge in [-0.25, -0.2) is 0 Å². The zero-order chi connectivity index (χ0) is 16.8. The van der Waals surface area contributed by atoms with Crippen LogP contribution >= 0.6 is 24.0 Å². The Labute approximate surface area is 160 Å². The number of nitrogens with one attached hydrogen (secondary N) is 1. The molecular formula is C20H24Cl2N2O. The molecule has 1 saturated heterocycles. The van der Waals surface area contributed by atoms with Crippen molar-refractivity contribution >= 4 is 29.9 Å². The van der Waals surface area contributed by atoms with Crippen LogP contribution in [0.15, 0.2) is 60.7 Å². The van der Waals surface area contributed by atoms with E-state index in [2.05, 4.69) is 10.2 Å². The zero-order valence-electron chi connectivity index (χ0n) is 14.2. The van der Waals surface area contributed by atoms with Crippen molar-refractivity contribution in [3.05, 3.63) is 71.8 Å². The molecule has 0 aliphatic carbocycles. The van der Waals surface area contributed by atoms with E-state index in [0.29, 0.717) is 6.54 Å². The summed E-state index contributed by atoms with van der Waals surface area (Å²) >= 11 is 6.91. The number of hydrogen-bond donors (Lipinski definition) is 1. The quantitative estimate of drug-likeness (QED) is 0.775. The van der Waals surface area contributed by atoms with Crippen molar-refractivity contribution in [2.45, 2.75) is 17.7 Å². The highest BCUT2D eigenvalue weighted by molar-refractivity contribution is 6.37. The van der Waals surface area contributed by atoms with Crippen LogP contribution in [-0.4, -0.2) is 37.0 Å². The molecular weight excluding hydrogens is 355 g/mol. The highest BCUT2D eigenvalue weighted by atomic mass is 35.5. The average Bonchev–Trinajstić information content (AvgIpc) is 3.16. The first-order chi connectivity index (χ1) is 11.7.